The number of aromatic nitrogens is 2. The van der Waals surface area contributed by atoms with E-state index in [1.807, 2.05) is 24.3 Å². The molecule has 1 N–H and O–H groups in total. The maximum Gasteiger partial charge on any atom is 0.187 e. The maximum absolute atomic E-state index is 9.44. The first-order chi connectivity index (χ1) is 10.3. The van der Waals surface area contributed by atoms with Gasteiger partial charge < -0.3 is 10.2 Å². The molecule has 0 aliphatic carbocycles. The van der Waals surface area contributed by atoms with Crippen LogP contribution in [0, 0.1) is 23.2 Å². The summed E-state index contributed by atoms with van der Waals surface area (Å²) in [6, 6.07) is 10.6. The van der Waals surface area contributed by atoms with Crippen molar-refractivity contribution in [3.8, 4) is 6.07 Å². The Kier molecular flexibility index (Phi) is 2.79. The predicted molar refractivity (Wildman–Crippen MR) is 80.9 cm³/mol. The monoisotopic (exact) mass is 279 g/mol. The molecule has 2 aliphatic heterocycles. The first-order valence-corrected chi connectivity index (χ1v) is 7.42. The van der Waals surface area contributed by atoms with Gasteiger partial charge in [-0.15, -0.1) is 10.2 Å². The highest BCUT2D eigenvalue weighted by Gasteiger charge is 2.43. The Bertz CT molecular complexity index is 735. The van der Waals surface area contributed by atoms with Gasteiger partial charge in [0.05, 0.1) is 11.2 Å². The lowest BCUT2D eigenvalue weighted by Crippen LogP contribution is -2.34. The molecule has 3 atom stereocenters. The van der Waals surface area contributed by atoms with E-state index < -0.39 is 0 Å². The van der Waals surface area contributed by atoms with Gasteiger partial charge in [0.15, 0.2) is 5.69 Å². The van der Waals surface area contributed by atoms with Gasteiger partial charge in [0.2, 0.25) is 0 Å². The van der Waals surface area contributed by atoms with E-state index in [1.54, 1.807) is 0 Å². The van der Waals surface area contributed by atoms with E-state index in [1.165, 1.54) is 0 Å². The smallest absolute Gasteiger partial charge is 0.187 e. The van der Waals surface area contributed by atoms with E-state index in [2.05, 4.69) is 33.4 Å². The van der Waals surface area contributed by atoms with Gasteiger partial charge in [0, 0.05) is 31.1 Å². The molecule has 2 saturated heterocycles. The van der Waals surface area contributed by atoms with Crippen molar-refractivity contribution in [2.24, 2.45) is 11.8 Å². The normalized spacial score (nSPS) is 27.8. The van der Waals surface area contributed by atoms with Crippen molar-refractivity contribution in [1.82, 2.24) is 15.5 Å². The number of hydrogen-bond donors (Lipinski definition) is 1. The Morgan fingerprint density at radius 2 is 2.14 bits per heavy atom. The molecule has 4 rings (SSSR count). The molecular weight excluding hydrogens is 262 g/mol. The first kappa shape index (κ1) is 12.5. The minimum Gasteiger partial charge on any atom is -0.365 e. The van der Waals surface area contributed by atoms with Crippen molar-refractivity contribution in [3.05, 3.63) is 30.0 Å². The number of nitrogens with one attached hydrogen (secondary N) is 1. The lowest BCUT2D eigenvalue weighted by atomic mass is 9.95. The summed E-state index contributed by atoms with van der Waals surface area (Å²) < 4.78 is 0. The van der Waals surface area contributed by atoms with Gasteiger partial charge in [-0.1, -0.05) is 18.2 Å². The molecule has 106 valence electrons. The second-order valence-corrected chi connectivity index (χ2v) is 6.00. The van der Waals surface area contributed by atoms with Crippen LogP contribution in [0.4, 0.5) is 5.69 Å². The van der Waals surface area contributed by atoms with Gasteiger partial charge in [-0.3, -0.25) is 0 Å². The molecule has 0 saturated carbocycles. The van der Waals surface area contributed by atoms with Crippen LogP contribution in [-0.4, -0.2) is 35.9 Å². The molecule has 0 amide bonds. The maximum atomic E-state index is 9.44. The molecule has 2 aromatic rings. The average molecular weight is 279 g/mol. The largest absolute Gasteiger partial charge is 0.365 e. The van der Waals surface area contributed by atoms with E-state index in [-0.39, 0.29) is 0 Å². The molecule has 0 radical (unpaired) electrons. The molecule has 3 heterocycles. The highest BCUT2D eigenvalue weighted by Crippen LogP contribution is 2.39. The van der Waals surface area contributed by atoms with E-state index in [4.69, 9.17) is 0 Å². The number of hydrogen-bond acceptors (Lipinski definition) is 5. The van der Waals surface area contributed by atoms with Gasteiger partial charge in [0.1, 0.15) is 6.07 Å². The molecular formula is C16H17N5. The summed E-state index contributed by atoms with van der Waals surface area (Å²) in [6.07, 6.45) is 0. The van der Waals surface area contributed by atoms with E-state index >= 15 is 0 Å². The van der Waals surface area contributed by atoms with Crippen LogP contribution in [0.1, 0.15) is 12.6 Å². The van der Waals surface area contributed by atoms with Crippen molar-refractivity contribution >= 4 is 16.6 Å². The summed E-state index contributed by atoms with van der Waals surface area (Å²) in [5.41, 5.74) is 2.26. The van der Waals surface area contributed by atoms with Crippen LogP contribution in [0.25, 0.3) is 10.9 Å². The SMILES string of the molecule is CC1C2CNCC2CN1c1c(C#N)nnc2ccccc12. The quantitative estimate of drug-likeness (QED) is 0.858. The summed E-state index contributed by atoms with van der Waals surface area (Å²) in [5, 5.41) is 22.2. The van der Waals surface area contributed by atoms with Crippen molar-refractivity contribution < 1.29 is 0 Å². The summed E-state index contributed by atoms with van der Waals surface area (Å²) in [4.78, 5) is 2.37. The molecule has 2 aliphatic rings. The number of anilines is 1. The molecule has 1 aromatic heterocycles. The number of nitriles is 1. The molecule has 5 heteroatoms. The van der Waals surface area contributed by atoms with Crippen LogP contribution in [0.5, 0.6) is 0 Å². The number of benzene rings is 1. The average Bonchev–Trinajstić information content (AvgIpc) is 3.09. The van der Waals surface area contributed by atoms with Crippen molar-refractivity contribution in [2.45, 2.75) is 13.0 Å². The first-order valence-electron chi connectivity index (χ1n) is 7.42. The van der Waals surface area contributed by atoms with E-state index in [0.717, 1.165) is 36.2 Å². The number of fused-ring (bicyclic) bond motifs is 2. The molecule has 2 fully saturated rings. The zero-order chi connectivity index (χ0) is 14.4. The third kappa shape index (κ3) is 1.79. The van der Waals surface area contributed by atoms with Crippen LogP contribution in [-0.2, 0) is 0 Å². The van der Waals surface area contributed by atoms with Crippen molar-refractivity contribution in [2.75, 3.05) is 24.5 Å². The Labute approximate surface area is 123 Å². The van der Waals surface area contributed by atoms with Gasteiger partial charge in [-0.05, 0) is 24.8 Å². The van der Waals surface area contributed by atoms with Gasteiger partial charge in [-0.25, -0.2) is 0 Å². The fraction of sp³-hybridized carbons (Fsp3) is 0.438. The molecule has 0 bridgehead atoms. The van der Waals surface area contributed by atoms with Crippen LogP contribution in [0.3, 0.4) is 0 Å². The molecule has 3 unspecified atom stereocenters. The fourth-order valence-corrected chi connectivity index (χ4v) is 3.87. The zero-order valence-electron chi connectivity index (χ0n) is 12.0. The standard InChI is InChI=1S/C16H17N5/c1-10-13-8-18-7-11(13)9-21(10)16-12-4-2-3-5-14(12)19-20-15(16)6-17/h2-5,10-11,13,18H,7-9H2,1H3. The lowest BCUT2D eigenvalue weighted by Gasteiger charge is -2.28. The van der Waals surface area contributed by atoms with Crippen LogP contribution in [0.15, 0.2) is 24.3 Å². The molecule has 21 heavy (non-hydrogen) atoms. The zero-order valence-corrected chi connectivity index (χ0v) is 12.0. The third-order valence-electron chi connectivity index (χ3n) is 4.97. The lowest BCUT2D eigenvalue weighted by molar-refractivity contribution is 0.471. The molecule has 5 nitrogen and oxygen atoms in total. The third-order valence-corrected chi connectivity index (χ3v) is 4.97. The summed E-state index contributed by atoms with van der Waals surface area (Å²) in [7, 11) is 0. The Morgan fingerprint density at radius 1 is 1.29 bits per heavy atom. The van der Waals surface area contributed by atoms with Crippen LogP contribution >= 0.6 is 0 Å². The predicted octanol–water partition coefficient (Wildman–Crippen LogP) is 1.55. The highest BCUT2D eigenvalue weighted by molar-refractivity contribution is 5.93. The number of nitrogens with zero attached hydrogens (tertiary/aromatic N) is 4. The second kappa shape index (κ2) is 4.68. The van der Waals surface area contributed by atoms with E-state index in [9.17, 15) is 5.26 Å². The summed E-state index contributed by atoms with van der Waals surface area (Å²) >= 11 is 0. The topological polar surface area (TPSA) is 64.8 Å². The minimum atomic E-state index is 0.421. The van der Waals surface area contributed by atoms with Gasteiger partial charge >= 0.3 is 0 Å². The number of rotatable bonds is 1. The highest BCUT2D eigenvalue weighted by atomic mass is 15.2. The molecule has 1 aromatic carbocycles. The van der Waals surface area contributed by atoms with Gasteiger partial charge in [-0.2, -0.15) is 5.26 Å². The van der Waals surface area contributed by atoms with Gasteiger partial charge in [0.25, 0.3) is 0 Å². The summed E-state index contributed by atoms with van der Waals surface area (Å²) in [5.74, 6) is 1.32. The Balaban J connectivity index is 1.88. The van der Waals surface area contributed by atoms with Crippen LogP contribution in [0.2, 0.25) is 0 Å². The fourth-order valence-electron chi connectivity index (χ4n) is 3.87. The van der Waals surface area contributed by atoms with Crippen LogP contribution < -0.4 is 10.2 Å². The molecule has 0 spiro atoms. The van der Waals surface area contributed by atoms with Crippen molar-refractivity contribution in [1.29, 1.82) is 5.26 Å². The summed E-state index contributed by atoms with van der Waals surface area (Å²) in [6.45, 7) is 5.39. The Hall–Kier alpha value is -2.19. The minimum absolute atomic E-state index is 0.421. The second-order valence-electron chi connectivity index (χ2n) is 6.00. The van der Waals surface area contributed by atoms with E-state index in [0.29, 0.717) is 23.6 Å². The van der Waals surface area contributed by atoms with Crippen molar-refractivity contribution in [3.63, 3.8) is 0 Å². The Morgan fingerprint density at radius 3 is 2.95 bits per heavy atom.